The molecule has 0 spiro atoms. The van der Waals surface area contributed by atoms with Crippen LogP contribution in [-0.4, -0.2) is 32.4 Å². The highest BCUT2D eigenvalue weighted by atomic mass is 19.4. The first-order valence-corrected chi connectivity index (χ1v) is 6.77. The van der Waals surface area contributed by atoms with Crippen LogP contribution in [0.25, 0.3) is 5.57 Å². The number of morpholine rings is 1. The monoisotopic (exact) mass is 299 g/mol. The number of ether oxygens (including phenoxy) is 2. The van der Waals surface area contributed by atoms with Crippen LogP contribution in [-0.2, 0) is 10.9 Å². The van der Waals surface area contributed by atoms with E-state index < -0.39 is 11.7 Å². The Bertz CT molecular complexity index is 569. The summed E-state index contributed by atoms with van der Waals surface area (Å²) in [6.07, 6.45) is -1.80. The SMILES string of the molecule is COc1ccc(C2=CC3COCC(C2)N3)cc1C(F)(F)F. The smallest absolute Gasteiger partial charge is 0.419 e. The summed E-state index contributed by atoms with van der Waals surface area (Å²) in [7, 11) is 1.25. The minimum atomic E-state index is -4.42. The van der Waals surface area contributed by atoms with Gasteiger partial charge in [0.1, 0.15) is 5.75 Å². The van der Waals surface area contributed by atoms with Crippen molar-refractivity contribution in [1.29, 1.82) is 0 Å². The van der Waals surface area contributed by atoms with Crippen molar-refractivity contribution in [2.45, 2.75) is 24.7 Å². The number of nitrogens with one attached hydrogen (secondary N) is 1. The average Bonchev–Trinajstić information content (AvgIpc) is 2.45. The Hall–Kier alpha value is -1.53. The molecule has 1 aromatic rings. The molecule has 2 bridgehead atoms. The second-order valence-electron chi connectivity index (χ2n) is 5.32. The average molecular weight is 299 g/mol. The molecular weight excluding hydrogens is 283 g/mol. The van der Waals surface area contributed by atoms with Crippen LogP contribution >= 0.6 is 0 Å². The van der Waals surface area contributed by atoms with Crippen molar-refractivity contribution in [3.05, 3.63) is 35.4 Å². The second-order valence-corrected chi connectivity index (χ2v) is 5.32. The number of hydrogen-bond acceptors (Lipinski definition) is 3. The Morgan fingerprint density at radius 3 is 2.76 bits per heavy atom. The molecule has 2 aliphatic rings. The Morgan fingerprint density at radius 2 is 2.10 bits per heavy atom. The first-order chi connectivity index (χ1) is 9.97. The number of fused-ring (bicyclic) bond motifs is 2. The normalized spacial score (nSPS) is 25.4. The standard InChI is InChI=1S/C15H16F3NO2/c1-20-14-3-2-9(6-13(14)15(16,17)18)10-4-11-7-21-8-12(5-10)19-11/h2-4,6,11-12,19H,5,7-8H2,1H3. The highest BCUT2D eigenvalue weighted by Crippen LogP contribution is 2.38. The van der Waals surface area contributed by atoms with Gasteiger partial charge in [-0.25, -0.2) is 0 Å². The van der Waals surface area contributed by atoms with Gasteiger partial charge in [-0.3, -0.25) is 0 Å². The van der Waals surface area contributed by atoms with Crippen LogP contribution in [0.4, 0.5) is 13.2 Å². The molecule has 3 nitrogen and oxygen atoms in total. The molecule has 1 N–H and O–H groups in total. The Labute approximate surface area is 120 Å². The van der Waals surface area contributed by atoms with Crippen LogP contribution in [0.3, 0.4) is 0 Å². The topological polar surface area (TPSA) is 30.5 Å². The zero-order valence-electron chi connectivity index (χ0n) is 11.5. The lowest BCUT2D eigenvalue weighted by molar-refractivity contribution is -0.138. The Balaban J connectivity index is 1.98. The first kappa shape index (κ1) is 14.4. The molecule has 1 fully saturated rings. The van der Waals surface area contributed by atoms with Crippen LogP contribution < -0.4 is 10.1 Å². The number of hydrogen-bond donors (Lipinski definition) is 1. The van der Waals surface area contributed by atoms with E-state index in [1.807, 2.05) is 6.08 Å². The molecule has 21 heavy (non-hydrogen) atoms. The number of methoxy groups -OCH3 is 1. The van der Waals surface area contributed by atoms with Gasteiger partial charge in [-0.05, 0) is 29.7 Å². The first-order valence-electron chi connectivity index (χ1n) is 6.77. The van der Waals surface area contributed by atoms with Crippen molar-refractivity contribution in [1.82, 2.24) is 5.32 Å². The van der Waals surface area contributed by atoms with E-state index in [9.17, 15) is 13.2 Å². The van der Waals surface area contributed by atoms with E-state index in [1.54, 1.807) is 6.07 Å². The lowest BCUT2D eigenvalue weighted by Crippen LogP contribution is -2.50. The molecule has 0 saturated carbocycles. The minimum Gasteiger partial charge on any atom is -0.496 e. The Morgan fingerprint density at radius 1 is 1.29 bits per heavy atom. The Kier molecular flexibility index (Phi) is 3.67. The number of halogens is 3. The zero-order valence-corrected chi connectivity index (χ0v) is 11.5. The lowest BCUT2D eigenvalue weighted by atomic mass is 9.91. The van der Waals surface area contributed by atoms with Crippen molar-refractivity contribution >= 4 is 5.57 Å². The summed E-state index contributed by atoms with van der Waals surface area (Å²) >= 11 is 0. The summed E-state index contributed by atoms with van der Waals surface area (Å²) in [6, 6.07) is 4.48. The molecule has 2 heterocycles. The molecule has 3 rings (SSSR count). The lowest BCUT2D eigenvalue weighted by Gasteiger charge is -2.35. The molecule has 114 valence electrons. The number of alkyl halides is 3. The molecule has 0 aliphatic carbocycles. The van der Waals surface area contributed by atoms with Crippen LogP contribution in [0.5, 0.6) is 5.75 Å². The highest BCUT2D eigenvalue weighted by molar-refractivity contribution is 5.69. The van der Waals surface area contributed by atoms with Crippen molar-refractivity contribution in [3.8, 4) is 5.75 Å². The molecule has 1 aromatic carbocycles. The van der Waals surface area contributed by atoms with Crippen molar-refractivity contribution in [2.24, 2.45) is 0 Å². The summed E-state index contributed by atoms with van der Waals surface area (Å²) in [4.78, 5) is 0. The van der Waals surface area contributed by atoms with Gasteiger partial charge < -0.3 is 14.8 Å². The van der Waals surface area contributed by atoms with Crippen molar-refractivity contribution < 1.29 is 22.6 Å². The summed E-state index contributed by atoms with van der Waals surface area (Å²) < 4.78 is 49.5. The van der Waals surface area contributed by atoms with Gasteiger partial charge in [0.15, 0.2) is 0 Å². The summed E-state index contributed by atoms with van der Waals surface area (Å²) in [5, 5.41) is 3.37. The highest BCUT2D eigenvalue weighted by Gasteiger charge is 2.35. The fourth-order valence-electron chi connectivity index (χ4n) is 2.87. The number of rotatable bonds is 2. The molecule has 2 atom stereocenters. The van der Waals surface area contributed by atoms with Gasteiger partial charge in [-0.2, -0.15) is 13.2 Å². The maximum absolute atomic E-state index is 13.1. The van der Waals surface area contributed by atoms with E-state index in [0.29, 0.717) is 25.2 Å². The second kappa shape index (κ2) is 5.35. The van der Waals surface area contributed by atoms with E-state index in [1.165, 1.54) is 19.2 Å². The third-order valence-electron chi connectivity index (χ3n) is 3.81. The van der Waals surface area contributed by atoms with Gasteiger partial charge in [0, 0.05) is 12.1 Å². The van der Waals surface area contributed by atoms with E-state index in [0.717, 1.165) is 5.57 Å². The van der Waals surface area contributed by atoms with Gasteiger partial charge in [0.25, 0.3) is 0 Å². The molecule has 2 unspecified atom stereocenters. The van der Waals surface area contributed by atoms with E-state index in [2.05, 4.69) is 5.32 Å². The van der Waals surface area contributed by atoms with Gasteiger partial charge in [0.05, 0.1) is 25.9 Å². The summed E-state index contributed by atoms with van der Waals surface area (Å²) in [5.74, 6) is -0.149. The van der Waals surface area contributed by atoms with Crippen molar-refractivity contribution in [2.75, 3.05) is 20.3 Å². The minimum absolute atomic E-state index is 0.0731. The van der Waals surface area contributed by atoms with Gasteiger partial charge >= 0.3 is 6.18 Å². The molecule has 0 amide bonds. The van der Waals surface area contributed by atoms with Crippen LogP contribution in [0.15, 0.2) is 24.3 Å². The van der Waals surface area contributed by atoms with E-state index >= 15 is 0 Å². The zero-order chi connectivity index (χ0) is 15.0. The molecule has 0 aromatic heterocycles. The van der Waals surface area contributed by atoms with Gasteiger partial charge in [-0.1, -0.05) is 12.1 Å². The van der Waals surface area contributed by atoms with Crippen LogP contribution in [0.2, 0.25) is 0 Å². The molecule has 6 heteroatoms. The van der Waals surface area contributed by atoms with Crippen LogP contribution in [0.1, 0.15) is 17.5 Å². The molecule has 0 radical (unpaired) electrons. The van der Waals surface area contributed by atoms with Gasteiger partial charge in [0.2, 0.25) is 0 Å². The fraction of sp³-hybridized carbons (Fsp3) is 0.467. The third-order valence-corrected chi connectivity index (χ3v) is 3.81. The molecular formula is C15H16F3NO2. The third kappa shape index (κ3) is 2.91. The van der Waals surface area contributed by atoms with E-state index in [-0.39, 0.29) is 17.8 Å². The van der Waals surface area contributed by atoms with E-state index in [4.69, 9.17) is 9.47 Å². The predicted octanol–water partition coefficient (Wildman–Crippen LogP) is 2.86. The van der Waals surface area contributed by atoms with Crippen LogP contribution in [0, 0.1) is 0 Å². The molecule has 2 aliphatic heterocycles. The largest absolute Gasteiger partial charge is 0.496 e. The maximum Gasteiger partial charge on any atom is 0.419 e. The summed E-state index contributed by atoms with van der Waals surface area (Å²) in [5.41, 5.74) is 0.796. The summed E-state index contributed by atoms with van der Waals surface area (Å²) in [6.45, 7) is 1.15. The maximum atomic E-state index is 13.1. The molecule has 1 saturated heterocycles. The van der Waals surface area contributed by atoms with Crippen molar-refractivity contribution in [3.63, 3.8) is 0 Å². The number of benzene rings is 1. The predicted molar refractivity (Wildman–Crippen MR) is 72.1 cm³/mol. The fourth-order valence-corrected chi connectivity index (χ4v) is 2.87. The van der Waals surface area contributed by atoms with Gasteiger partial charge in [-0.15, -0.1) is 0 Å². The quantitative estimate of drug-likeness (QED) is 0.911.